The van der Waals surface area contributed by atoms with Gasteiger partial charge in [-0.05, 0) is 37.6 Å². The van der Waals surface area contributed by atoms with E-state index in [4.69, 9.17) is 0 Å². The molecule has 1 rings (SSSR count). The van der Waals surface area contributed by atoms with Crippen LogP contribution in [0.15, 0.2) is 18.2 Å². The molecule has 0 bridgehead atoms. The standard InChI is InChI=1S/C10H12F3N/c1-6-5-8(11)3-4-9(6)14-7(2)10(12)13/h3-5,7,10,14H,1-2H3. The fourth-order valence-corrected chi connectivity index (χ4v) is 1.10. The molecule has 78 valence electrons. The van der Waals surface area contributed by atoms with Crippen molar-refractivity contribution in [3.8, 4) is 0 Å². The minimum atomic E-state index is -2.43. The van der Waals surface area contributed by atoms with Crippen LogP contribution in [0.25, 0.3) is 0 Å². The van der Waals surface area contributed by atoms with Crippen molar-refractivity contribution in [1.82, 2.24) is 0 Å². The molecule has 1 atom stereocenters. The van der Waals surface area contributed by atoms with Crippen LogP contribution in [0.2, 0.25) is 0 Å². The molecule has 0 heterocycles. The third-order valence-corrected chi connectivity index (χ3v) is 1.95. The number of anilines is 1. The van der Waals surface area contributed by atoms with Gasteiger partial charge in [0.15, 0.2) is 0 Å². The summed E-state index contributed by atoms with van der Waals surface area (Å²) in [6.07, 6.45) is -2.43. The predicted molar refractivity (Wildman–Crippen MR) is 50.2 cm³/mol. The Bertz CT molecular complexity index is 312. The fourth-order valence-electron chi connectivity index (χ4n) is 1.10. The maximum atomic E-state index is 12.7. The van der Waals surface area contributed by atoms with Crippen molar-refractivity contribution in [2.45, 2.75) is 26.3 Å². The molecule has 0 saturated heterocycles. The van der Waals surface area contributed by atoms with Crippen molar-refractivity contribution in [3.05, 3.63) is 29.6 Å². The quantitative estimate of drug-likeness (QED) is 0.795. The second-order valence-corrected chi connectivity index (χ2v) is 3.23. The van der Waals surface area contributed by atoms with Crippen LogP contribution < -0.4 is 5.32 Å². The van der Waals surface area contributed by atoms with Gasteiger partial charge in [0.1, 0.15) is 5.82 Å². The van der Waals surface area contributed by atoms with Gasteiger partial charge in [0.25, 0.3) is 6.43 Å². The normalized spacial score (nSPS) is 13.0. The Hall–Kier alpha value is -1.19. The zero-order chi connectivity index (χ0) is 10.7. The number of alkyl halides is 2. The molecule has 0 aliphatic heterocycles. The number of nitrogens with one attached hydrogen (secondary N) is 1. The maximum absolute atomic E-state index is 12.7. The van der Waals surface area contributed by atoms with Crippen molar-refractivity contribution in [1.29, 1.82) is 0 Å². The number of rotatable bonds is 3. The molecule has 0 aliphatic carbocycles. The van der Waals surface area contributed by atoms with Crippen LogP contribution in [0.1, 0.15) is 12.5 Å². The summed E-state index contributed by atoms with van der Waals surface area (Å²) in [5, 5.41) is 2.62. The highest BCUT2D eigenvalue weighted by molar-refractivity contribution is 5.51. The maximum Gasteiger partial charge on any atom is 0.258 e. The zero-order valence-electron chi connectivity index (χ0n) is 8.02. The molecular weight excluding hydrogens is 191 g/mol. The van der Waals surface area contributed by atoms with E-state index in [0.29, 0.717) is 11.3 Å². The van der Waals surface area contributed by atoms with E-state index in [2.05, 4.69) is 5.32 Å². The second-order valence-electron chi connectivity index (χ2n) is 3.23. The molecule has 0 aliphatic rings. The molecule has 0 saturated carbocycles. The van der Waals surface area contributed by atoms with Crippen molar-refractivity contribution in [3.63, 3.8) is 0 Å². The predicted octanol–water partition coefficient (Wildman–Crippen LogP) is 3.20. The number of benzene rings is 1. The van der Waals surface area contributed by atoms with Gasteiger partial charge in [0, 0.05) is 5.69 Å². The smallest absolute Gasteiger partial charge is 0.258 e. The molecule has 1 aromatic rings. The Labute approximate surface area is 80.9 Å². The van der Waals surface area contributed by atoms with E-state index < -0.39 is 12.5 Å². The van der Waals surface area contributed by atoms with Crippen molar-refractivity contribution >= 4 is 5.69 Å². The Morgan fingerprint density at radius 3 is 2.43 bits per heavy atom. The van der Waals surface area contributed by atoms with Gasteiger partial charge in [0.2, 0.25) is 0 Å². The van der Waals surface area contributed by atoms with Crippen molar-refractivity contribution in [2.24, 2.45) is 0 Å². The average Bonchev–Trinajstić information content (AvgIpc) is 2.09. The molecule has 0 amide bonds. The second kappa shape index (κ2) is 4.35. The van der Waals surface area contributed by atoms with Gasteiger partial charge in [-0.2, -0.15) is 0 Å². The van der Waals surface area contributed by atoms with Gasteiger partial charge in [0.05, 0.1) is 6.04 Å². The minimum absolute atomic E-state index is 0.363. The Balaban J connectivity index is 2.77. The lowest BCUT2D eigenvalue weighted by molar-refractivity contribution is 0.130. The summed E-state index contributed by atoms with van der Waals surface area (Å²) >= 11 is 0. The third-order valence-electron chi connectivity index (χ3n) is 1.95. The highest BCUT2D eigenvalue weighted by Gasteiger charge is 2.14. The first kappa shape index (κ1) is 10.9. The number of hydrogen-bond acceptors (Lipinski definition) is 1. The van der Waals surface area contributed by atoms with Crippen LogP contribution in [0.4, 0.5) is 18.9 Å². The summed E-state index contributed by atoms with van der Waals surface area (Å²) in [6.45, 7) is 3.05. The van der Waals surface area contributed by atoms with Gasteiger partial charge in [-0.3, -0.25) is 0 Å². The molecule has 4 heteroatoms. The molecule has 1 nitrogen and oxygen atoms in total. The van der Waals surface area contributed by atoms with E-state index in [0.717, 1.165) is 0 Å². The van der Waals surface area contributed by atoms with E-state index in [1.54, 1.807) is 6.92 Å². The van der Waals surface area contributed by atoms with Crippen LogP contribution in [0.5, 0.6) is 0 Å². The van der Waals surface area contributed by atoms with E-state index in [-0.39, 0.29) is 5.82 Å². The molecule has 0 fully saturated rings. The van der Waals surface area contributed by atoms with Gasteiger partial charge >= 0.3 is 0 Å². The summed E-state index contributed by atoms with van der Waals surface area (Å²) < 4.78 is 37.0. The summed E-state index contributed by atoms with van der Waals surface area (Å²) in [7, 11) is 0. The minimum Gasteiger partial charge on any atom is -0.377 e. The van der Waals surface area contributed by atoms with E-state index in [1.807, 2.05) is 0 Å². The molecule has 0 spiro atoms. The summed E-state index contributed by atoms with van der Waals surface area (Å²) in [6, 6.07) is 3.08. The first-order chi connectivity index (χ1) is 6.50. The Morgan fingerprint density at radius 1 is 1.29 bits per heavy atom. The fraction of sp³-hybridized carbons (Fsp3) is 0.400. The van der Waals surface area contributed by atoms with Crippen LogP contribution in [-0.2, 0) is 0 Å². The van der Waals surface area contributed by atoms with Crippen LogP contribution in [-0.4, -0.2) is 12.5 Å². The summed E-state index contributed by atoms with van der Waals surface area (Å²) in [4.78, 5) is 0. The molecule has 1 N–H and O–H groups in total. The molecular formula is C10H12F3N. The summed E-state index contributed by atoms with van der Waals surface area (Å²) in [5.74, 6) is -0.363. The lowest BCUT2D eigenvalue weighted by atomic mass is 10.2. The van der Waals surface area contributed by atoms with Crippen LogP contribution in [0, 0.1) is 12.7 Å². The van der Waals surface area contributed by atoms with Gasteiger partial charge in [-0.1, -0.05) is 0 Å². The van der Waals surface area contributed by atoms with E-state index in [1.165, 1.54) is 25.1 Å². The Kier molecular flexibility index (Phi) is 3.38. The summed E-state index contributed by atoms with van der Waals surface area (Å²) in [5.41, 5.74) is 1.16. The van der Waals surface area contributed by atoms with Crippen LogP contribution >= 0.6 is 0 Å². The molecule has 1 aromatic carbocycles. The number of aryl methyl sites for hydroxylation is 1. The van der Waals surface area contributed by atoms with Crippen molar-refractivity contribution < 1.29 is 13.2 Å². The molecule has 1 unspecified atom stereocenters. The SMILES string of the molecule is Cc1cc(F)ccc1NC(C)C(F)F. The van der Waals surface area contributed by atoms with Gasteiger partial charge < -0.3 is 5.32 Å². The first-order valence-corrected chi connectivity index (χ1v) is 4.31. The van der Waals surface area contributed by atoms with E-state index in [9.17, 15) is 13.2 Å². The lowest BCUT2D eigenvalue weighted by Gasteiger charge is -2.15. The first-order valence-electron chi connectivity index (χ1n) is 4.31. The highest BCUT2D eigenvalue weighted by atomic mass is 19.3. The third kappa shape index (κ3) is 2.65. The lowest BCUT2D eigenvalue weighted by Crippen LogP contribution is -2.24. The molecule has 0 aromatic heterocycles. The zero-order valence-corrected chi connectivity index (χ0v) is 8.02. The van der Waals surface area contributed by atoms with E-state index >= 15 is 0 Å². The highest BCUT2D eigenvalue weighted by Crippen LogP contribution is 2.18. The average molecular weight is 203 g/mol. The Morgan fingerprint density at radius 2 is 1.93 bits per heavy atom. The largest absolute Gasteiger partial charge is 0.377 e. The van der Waals surface area contributed by atoms with Gasteiger partial charge in [-0.25, -0.2) is 13.2 Å². The monoisotopic (exact) mass is 203 g/mol. The van der Waals surface area contributed by atoms with Crippen molar-refractivity contribution in [2.75, 3.05) is 5.32 Å². The molecule has 0 radical (unpaired) electrons. The topological polar surface area (TPSA) is 12.0 Å². The number of halogens is 3. The van der Waals surface area contributed by atoms with Gasteiger partial charge in [-0.15, -0.1) is 0 Å². The molecule has 14 heavy (non-hydrogen) atoms. The van der Waals surface area contributed by atoms with Crippen LogP contribution in [0.3, 0.4) is 0 Å². The number of hydrogen-bond donors (Lipinski definition) is 1.